The Morgan fingerprint density at radius 2 is 1.83 bits per heavy atom. The third-order valence-corrected chi connectivity index (χ3v) is 5.11. The number of aromatic nitrogens is 4. The quantitative estimate of drug-likeness (QED) is 0.534. The van der Waals surface area contributed by atoms with E-state index in [1.807, 2.05) is 42.5 Å². The number of carbonyl (C=O) groups is 1. The van der Waals surface area contributed by atoms with Crippen molar-refractivity contribution < 1.29 is 4.79 Å². The van der Waals surface area contributed by atoms with E-state index in [4.69, 9.17) is 11.6 Å². The molecule has 7 nitrogen and oxygen atoms in total. The molecule has 0 saturated carbocycles. The molecule has 2 aromatic heterocycles. The van der Waals surface area contributed by atoms with Crippen LogP contribution in [0.5, 0.6) is 0 Å². The second kappa shape index (κ2) is 8.12. The van der Waals surface area contributed by atoms with Crippen molar-refractivity contribution in [2.45, 2.75) is 26.8 Å². The SMILES string of the molecule is CC(=O)N(Cc1cccc(Cl)c1)c1nc2nc(C)c(Cc3ccccc3)c(=O)n2[nH]1. The smallest absolute Gasteiger partial charge is 0.277 e. The molecule has 0 saturated heterocycles. The second-order valence-electron chi connectivity index (χ2n) is 7.06. The van der Waals surface area contributed by atoms with Crippen LogP contribution in [0, 0.1) is 6.92 Å². The third kappa shape index (κ3) is 3.97. The number of fused-ring (bicyclic) bond motifs is 1. The summed E-state index contributed by atoms with van der Waals surface area (Å²) in [6.45, 7) is 3.50. The van der Waals surface area contributed by atoms with Crippen LogP contribution in [-0.2, 0) is 17.8 Å². The minimum absolute atomic E-state index is 0.219. The molecule has 0 bridgehead atoms. The Balaban J connectivity index is 1.73. The topological polar surface area (TPSA) is 83.4 Å². The molecule has 2 heterocycles. The number of nitrogens with zero attached hydrogens (tertiary/aromatic N) is 4. The summed E-state index contributed by atoms with van der Waals surface area (Å²) in [5.74, 6) is 0.258. The van der Waals surface area contributed by atoms with Gasteiger partial charge in [-0.05, 0) is 30.2 Å². The van der Waals surface area contributed by atoms with Crippen LogP contribution in [-0.4, -0.2) is 25.5 Å². The van der Waals surface area contributed by atoms with E-state index in [1.54, 1.807) is 19.1 Å². The monoisotopic (exact) mass is 421 g/mol. The summed E-state index contributed by atoms with van der Waals surface area (Å²) in [7, 11) is 0. The maximum Gasteiger partial charge on any atom is 0.277 e. The molecule has 4 aromatic rings. The van der Waals surface area contributed by atoms with Crippen molar-refractivity contribution in [2.75, 3.05) is 4.90 Å². The average molecular weight is 422 g/mol. The average Bonchev–Trinajstić information content (AvgIpc) is 3.13. The molecular formula is C22H20ClN5O2. The van der Waals surface area contributed by atoms with Crippen molar-refractivity contribution in [3.63, 3.8) is 0 Å². The number of aromatic amines is 1. The standard InChI is InChI=1S/C22H20ClN5O2/c1-14-19(12-16-7-4-3-5-8-16)20(30)28-21(24-14)25-22(26-28)27(15(2)29)13-17-9-6-10-18(23)11-17/h3-11H,12-13H2,1-2H3,(H,24,25,26). The van der Waals surface area contributed by atoms with Gasteiger partial charge in [0.05, 0.1) is 12.2 Å². The van der Waals surface area contributed by atoms with Crippen molar-refractivity contribution in [1.82, 2.24) is 19.6 Å². The lowest BCUT2D eigenvalue weighted by atomic mass is 10.1. The Labute approximate surface area is 178 Å². The molecule has 0 atom stereocenters. The Morgan fingerprint density at radius 3 is 2.53 bits per heavy atom. The first kappa shape index (κ1) is 19.8. The number of hydrogen-bond acceptors (Lipinski definition) is 4. The van der Waals surface area contributed by atoms with Crippen molar-refractivity contribution in [1.29, 1.82) is 0 Å². The predicted molar refractivity (Wildman–Crippen MR) is 116 cm³/mol. The Morgan fingerprint density at radius 1 is 1.10 bits per heavy atom. The van der Waals surface area contributed by atoms with Crippen molar-refractivity contribution in [2.24, 2.45) is 0 Å². The van der Waals surface area contributed by atoms with Crippen LogP contribution in [0.1, 0.15) is 29.3 Å². The van der Waals surface area contributed by atoms with Crippen LogP contribution in [0.25, 0.3) is 5.78 Å². The van der Waals surface area contributed by atoms with Gasteiger partial charge in [-0.15, -0.1) is 0 Å². The van der Waals surface area contributed by atoms with Gasteiger partial charge in [0, 0.05) is 23.9 Å². The van der Waals surface area contributed by atoms with Crippen LogP contribution in [0.3, 0.4) is 0 Å². The van der Waals surface area contributed by atoms with Crippen molar-refractivity contribution in [3.05, 3.63) is 92.4 Å². The number of amides is 1. The van der Waals surface area contributed by atoms with E-state index in [1.165, 1.54) is 16.3 Å². The number of rotatable bonds is 5. The largest absolute Gasteiger partial charge is 0.277 e. The highest BCUT2D eigenvalue weighted by atomic mass is 35.5. The summed E-state index contributed by atoms with van der Waals surface area (Å²) in [6, 6.07) is 17.0. The molecule has 8 heteroatoms. The van der Waals surface area contributed by atoms with Gasteiger partial charge in [0.15, 0.2) is 0 Å². The number of carbonyl (C=O) groups excluding carboxylic acids is 1. The lowest BCUT2D eigenvalue weighted by Gasteiger charge is -2.17. The van der Waals surface area contributed by atoms with E-state index >= 15 is 0 Å². The number of benzene rings is 2. The maximum atomic E-state index is 13.1. The highest BCUT2D eigenvalue weighted by Gasteiger charge is 2.20. The van der Waals surface area contributed by atoms with Gasteiger partial charge in [-0.1, -0.05) is 54.1 Å². The van der Waals surface area contributed by atoms with Crippen LogP contribution in [0.15, 0.2) is 59.4 Å². The van der Waals surface area contributed by atoms with Gasteiger partial charge in [0.25, 0.3) is 11.3 Å². The van der Waals surface area contributed by atoms with E-state index in [0.29, 0.717) is 22.7 Å². The van der Waals surface area contributed by atoms with Crippen LogP contribution in [0.4, 0.5) is 5.95 Å². The fourth-order valence-corrected chi connectivity index (χ4v) is 3.53. The number of aryl methyl sites for hydroxylation is 1. The van der Waals surface area contributed by atoms with Crippen LogP contribution in [0.2, 0.25) is 5.02 Å². The van der Waals surface area contributed by atoms with Gasteiger partial charge >= 0.3 is 0 Å². The number of nitrogens with one attached hydrogen (secondary N) is 1. The molecule has 0 aliphatic carbocycles. The number of hydrogen-bond donors (Lipinski definition) is 1. The first-order valence-corrected chi connectivity index (χ1v) is 9.85. The predicted octanol–water partition coefficient (Wildman–Crippen LogP) is 3.52. The summed E-state index contributed by atoms with van der Waals surface area (Å²) in [4.78, 5) is 35.7. The zero-order chi connectivity index (χ0) is 21.3. The van der Waals surface area contributed by atoms with E-state index in [-0.39, 0.29) is 29.7 Å². The zero-order valence-electron chi connectivity index (χ0n) is 16.6. The molecule has 2 aromatic carbocycles. The van der Waals surface area contributed by atoms with E-state index in [9.17, 15) is 9.59 Å². The molecule has 0 aliphatic rings. The molecule has 152 valence electrons. The van der Waals surface area contributed by atoms with E-state index in [2.05, 4.69) is 15.1 Å². The molecule has 0 aliphatic heterocycles. The van der Waals surface area contributed by atoms with Crippen molar-refractivity contribution >= 4 is 29.2 Å². The summed E-state index contributed by atoms with van der Waals surface area (Å²) in [6.07, 6.45) is 0.467. The normalized spacial score (nSPS) is 11.0. The van der Waals surface area contributed by atoms with E-state index < -0.39 is 0 Å². The molecule has 1 N–H and O–H groups in total. The fourth-order valence-electron chi connectivity index (χ4n) is 3.32. The highest BCUT2D eigenvalue weighted by molar-refractivity contribution is 6.30. The first-order valence-electron chi connectivity index (χ1n) is 9.47. The molecule has 0 unspecified atom stereocenters. The lowest BCUT2D eigenvalue weighted by Crippen LogP contribution is -2.29. The van der Waals surface area contributed by atoms with Crippen LogP contribution >= 0.6 is 11.6 Å². The second-order valence-corrected chi connectivity index (χ2v) is 7.50. The summed E-state index contributed by atoms with van der Waals surface area (Å²) in [5.41, 5.74) is 2.83. The molecule has 1 amide bonds. The van der Waals surface area contributed by atoms with Gasteiger partial charge in [-0.25, -0.2) is 4.98 Å². The van der Waals surface area contributed by atoms with Crippen LogP contribution < -0.4 is 10.5 Å². The molecule has 0 spiro atoms. The maximum absolute atomic E-state index is 13.1. The van der Waals surface area contributed by atoms with E-state index in [0.717, 1.165) is 11.1 Å². The van der Waals surface area contributed by atoms with Gasteiger partial charge < -0.3 is 0 Å². The van der Waals surface area contributed by atoms with Gasteiger partial charge in [-0.3, -0.25) is 19.6 Å². The minimum Gasteiger partial charge on any atom is -0.277 e. The lowest BCUT2D eigenvalue weighted by molar-refractivity contribution is -0.116. The highest BCUT2D eigenvalue weighted by Crippen LogP contribution is 2.17. The minimum atomic E-state index is -0.230. The zero-order valence-corrected chi connectivity index (χ0v) is 17.3. The molecular weight excluding hydrogens is 402 g/mol. The summed E-state index contributed by atoms with van der Waals surface area (Å²) < 4.78 is 1.29. The Bertz CT molecular complexity index is 1280. The van der Waals surface area contributed by atoms with Crippen molar-refractivity contribution in [3.8, 4) is 0 Å². The number of halogens is 1. The molecule has 0 fully saturated rings. The molecule has 4 rings (SSSR count). The summed E-state index contributed by atoms with van der Waals surface area (Å²) in [5, 5.41) is 3.52. The summed E-state index contributed by atoms with van der Waals surface area (Å²) >= 11 is 6.06. The van der Waals surface area contributed by atoms with Gasteiger partial charge in [0.1, 0.15) is 0 Å². The Kier molecular flexibility index (Phi) is 5.37. The Hall–Kier alpha value is -3.45. The molecule has 30 heavy (non-hydrogen) atoms. The van der Waals surface area contributed by atoms with Gasteiger partial charge in [0.2, 0.25) is 11.9 Å². The number of anilines is 1. The number of H-pyrrole nitrogens is 1. The first-order chi connectivity index (χ1) is 14.4. The van der Waals surface area contributed by atoms with Gasteiger partial charge in [-0.2, -0.15) is 9.50 Å². The fraction of sp³-hybridized carbons (Fsp3) is 0.182. The molecule has 0 radical (unpaired) electrons. The third-order valence-electron chi connectivity index (χ3n) is 4.87.